The average Bonchev–Trinajstić information content (AvgIpc) is 2.65. The summed E-state index contributed by atoms with van der Waals surface area (Å²) in [6, 6.07) is 13.1. The SMILES string of the molecule is Cc1cc(CNCCC(=O)O)ccc1C(=N)NC(=O)c1ccc(CC(C)C)cc1.Cl. The zero-order valence-corrected chi connectivity index (χ0v) is 18.4. The zero-order chi connectivity index (χ0) is 21.4. The fourth-order valence-corrected chi connectivity index (χ4v) is 3.06. The first kappa shape index (κ1) is 25.3. The summed E-state index contributed by atoms with van der Waals surface area (Å²) in [5.74, 6) is -0.516. The molecule has 2 aromatic rings. The van der Waals surface area contributed by atoms with Crippen molar-refractivity contribution in [1.82, 2.24) is 10.6 Å². The van der Waals surface area contributed by atoms with E-state index in [-0.39, 0.29) is 30.6 Å². The van der Waals surface area contributed by atoms with Crippen LogP contribution in [0.2, 0.25) is 0 Å². The van der Waals surface area contributed by atoms with Crippen LogP contribution in [-0.2, 0) is 17.8 Å². The van der Waals surface area contributed by atoms with Crippen LogP contribution in [0.4, 0.5) is 0 Å². The summed E-state index contributed by atoms with van der Waals surface area (Å²) in [7, 11) is 0. The van der Waals surface area contributed by atoms with Gasteiger partial charge in [0.25, 0.3) is 5.91 Å². The molecule has 1 amide bonds. The van der Waals surface area contributed by atoms with Crippen molar-refractivity contribution < 1.29 is 14.7 Å². The van der Waals surface area contributed by atoms with E-state index < -0.39 is 5.97 Å². The lowest BCUT2D eigenvalue weighted by atomic mass is 10.0. The Morgan fingerprint density at radius 2 is 1.70 bits per heavy atom. The van der Waals surface area contributed by atoms with Gasteiger partial charge >= 0.3 is 5.97 Å². The largest absolute Gasteiger partial charge is 0.481 e. The van der Waals surface area contributed by atoms with Crippen molar-refractivity contribution in [1.29, 1.82) is 5.41 Å². The van der Waals surface area contributed by atoms with Crippen LogP contribution in [0, 0.1) is 18.3 Å². The van der Waals surface area contributed by atoms with Crippen LogP contribution in [0.1, 0.15) is 52.9 Å². The van der Waals surface area contributed by atoms with Gasteiger partial charge in [0, 0.05) is 24.2 Å². The average molecular weight is 432 g/mol. The van der Waals surface area contributed by atoms with E-state index in [1.165, 1.54) is 5.56 Å². The number of nitrogens with one attached hydrogen (secondary N) is 3. The molecule has 0 fully saturated rings. The van der Waals surface area contributed by atoms with Gasteiger partial charge in [0.15, 0.2) is 0 Å². The van der Waals surface area contributed by atoms with Crippen LogP contribution >= 0.6 is 12.4 Å². The van der Waals surface area contributed by atoms with E-state index in [0.717, 1.165) is 17.5 Å². The van der Waals surface area contributed by atoms with E-state index in [9.17, 15) is 9.59 Å². The van der Waals surface area contributed by atoms with E-state index in [4.69, 9.17) is 10.5 Å². The Hall–Kier alpha value is -2.70. The van der Waals surface area contributed by atoms with Crippen LogP contribution in [0.15, 0.2) is 42.5 Å². The van der Waals surface area contributed by atoms with Gasteiger partial charge in [-0.3, -0.25) is 15.0 Å². The highest BCUT2D eigenvalue weighted by atomic mass is 35.5. The zero-order valence-electron chi connectivity index (χ0n) is 17.6. The number of carbonyl (C=O) groups excluding carboxylic acids is 1. The summed E-state index contributed by atoms with van der Waals surface area (Å²) in [6.07, 6.45) is 1.04. The van der Waals surface area contributed by atoms with E-state index in [2.05, 4.69) is 24.5 Å². The number of benzene rings is 2. The topological polar surface area (TPSA) is 102 Å². The van der Waals surface area contributed by atoms with Crippen molar-refractivity contribution in [2.45, 2.75) is 40.2 Å². The monoisotopic (exact) mass is 431 g/mol. The van der Waals surface area contributed by atoms with Gasteiger partial charge < -0.3 is 15.7 Å². The van der Waals surface area contributed by atoms with Gasteiger partial charge in [-0.1, -0.05) is 44.2 Å². The summed E-state index contributed by atoms with van der Waals surface area (Å²) in [5.41, 5.74) is 4.25. The van der Waals surface area contributed by atoms with Gasteiger partial charge in [-0.15, -0.1) is 12.4 Å². The summed E-state index contributed by atoms with van der Waals surface area (Å²) < 4.78 is 0. The summed E-state index contributed by atoms with van der Waals surface area (Å²) in [4.78, 5) is 23.0. The first-order valence-corrected chi connectivity index (χ1v) is 9.77. The van der Waals surface area contributed by atoms with Crippen molar-refractivity contribution in [3.8, 4) is 0 Å². The minimum Gasteiger partial charge on any atom is -0.481 e. The molecule has 4 N–H and O–H groups in total. The Balaban J connectivity index is 0.00000450. The van der Waals surface area contributed by atoms with Gasteiger partial charge in [-0.2, -0.15) is 0 Å². The Morgan fingerprint density at radius 3 is 2.27 bits per heavy atom. The number of aliphatic carboxylic acids is 1. The third-order valence-electron chi connectivity index (χ3n) is 4.50. The Morgan fingerprint density at radius 1 is 1.07 bits per heavy atom. The lowest BCUT2D eigenvalue weighted by Crippen LogP contribution is -2.31. The summed E-state index contributed by atoms with van der Waals surface area (Å²) in [6.45, 7) is 7.15. The second kappa shape index (κ2) is 12.1. The molecule has 0 aliphatic carbocycles. The molecule has 6 nitrogen and oxygen atoms in total. The number of amidine groups is 1. The van der Waals surface area contributed by atoms with E-state index in [1.807, 2.05) is 31.2 Å². The Bertz CT molecular complexity index is 880. The second-order valence-corrected chi connectivity index (χ2v) is 7.59. The molecule has 0 aliphatic rings. The fourth-order valence-electron chi connectivity index (χ4n) is 3.06. The molecular formula is C23H30ClN3O3. The molecule has 0 bridgehead atoms. The molecule has 0 atom stereocenters. The maximum atomic E-state index is 12.5. The van der Waals surface area contributed by atoms with Crippen molar-refractivity contribution in [2.75, 3.05) is 6.54 Å². The van der Waals surface area contributed by atoms with Crippen LogP contribution in [-0.4, -0.2) is 29.4 Å². The molecule has 0 saturated carbocycles. The lowest BCUT2D eigenvalue weighted by molar-refractivity contribution is -0.136. The fraction of sp³-hybridized carbons (Fsp3) is 0.348. The molecule has 2 rings (SSSR count). The van der Waals surface area contributed by atoms with Gasteiger partial charge in [-0.05, 0) is 48.1 Å². The molecule has 7 heteroatoms. The summed E-state index contributed by atoms with van der Waals surface area (Å²) >= 11 is 0. The third-order valence-corrected chi connectivity index (χ3v) is 4.50. The maximum Gasteiger partial charge on any atom is 0.304 e. The molecule has 0 aromatic heterocycles. The number of hydrogen-bond acceptors (Lipinski definition) is 4. The standard InChI is InChI=1S/C23H29N3O3.ClH/c1-15(2)12-17-4-7-19(8-5-17)23(29)26-22(24)20-9-6-18(13-16(20)3)14-25-11-10-21(27)28;/h4-9,13,15,25H,10-12,14H2,1-3H3,(H,27,28)(H2,24,26,29);1H. The number of aryl methyl sites for hydroxylation is 1. The highest BCUT2D eigenvalue weighted by Gasteiger charge is 2.12. The van der Waals surface area contributed by atoms with Gasteiger partial charge in [0.2, 0.25) is 0 Å². The van der Waals surface area contributed by atoms with Crippen molar-refractivity contribution >= 4 is 30.1 Å². The van der Waals surface area contributed by atoms with Gasteiger partial charge in [0.1, 0.15) is 5.84 Å². The molecule has 0 unspecified atom stereocenters. The number of carboxylic acid groups (broad SMARTS) is 1. The number of amides is 1. The molecule has 0 saturated heterocycles. The quantitative estimate of drug-likeness (QED) is 0.274. The molecule has 30 heavy (non-hydrogen) atoms. The van der Waals surface area contributed by atoms with Crippen molar-refractivity contribution in [3.63, 3.8) is 0 Å². The first-order valence-electron chi connectivity index (χ1n) is 9.77. The maximum absolute atomic E-state index is 12.5. The lowest BCUT2D eigenvalue weighted by Gasteiger charge is -2.12. The molecule has 2 aromatic carbocycles. The van der Waals surface area contributed by atoms with E-state index in [0.29, 0.717) is 30.1 Å². The molecule has 0 heterocycles. The first-order chi connectivity index (χ1) is 13.8. The molecule has 0 spiro atoms. The number of rotatable bonds is 9. The van der Waals surface area contributed by atoms with Crippen LogP contribution in [0.3, 0.4) is 0 Å². The minimum atomic E-state index is -0.831. The van der Waals surface area contributed by atoms with E-state index in [1.54, 1.807) is 18.2 Å². The molecule has 0 radical (unpaired) electrons. The summed E-state index contributed by atoms with van der Waals surface area (Å²) in [5, 5.41) is 22.6. The Labute approximate surface area is 184 Å². The van der Waals surface area contributed by atoms with Gasteiger partial charge in [0.05, 0.1) is 6.42 Å². The second-order valence-electron chi connectivity index (χ2n) is 7.59. The normalized spacial score (nSPS) is 10.4. The molecule has 0 aliphatic heterocycles. The van der Waals surface area contributed by atoms with Crippen LogP contribution in [0.5, 0.6) is 0 Å². The molecular weight excluding hydrogens is 402 g/mol. The molecule has 162 valence electrons. The highest BCUT2D eigenvalue weighted by Crippen LogP contribution is 2.13. The Kier molecular flexibility index (Phi) is 10.2. The number of carboxylic acids is 1. The van der Waals surface area contributed by atoms with E-state index >= 15 is 0 Å². The predicted octanol–water partition coefficient (Wildman–Crippen LogP) is 3.93. The third kappa shape index (κ3) is 7.97. The van der Waals surface area contributed by atoms with Crippen molar-refractivity contribution in [3.05, 3.63) is 70.3 Å². The van der Waals surface area contributed by atoms with Gasteiger partial charge in [-0.25, -0.2) is 0 Å². The highest BCUT2D eigenvalue weighted by molar-refractivity contribution is 6.11. The number of halogens is 1. The number of hydrogen-bond donors (Lipinski definition) is 4. The smallest absolute Gasteiger partial charge is 0.304 e. The van der Waals surface area contributed by atoms with Crippen LogP contribution < -0.4 is 10.6 Å². The minimum absolute atomic E-state index is 0. The van der Waals surface area contributed by atoms with Crippen molar-refractivity contribution in [2.24, 2.45) is 5.92 Å². The van der Waals surface area contributed by atoms with Crippen LogP contribution in [0.25, 0.3) is 0 Å². The number of carbonyl (C=O) groups is 2. The predicted molar refractivity (Wildman–Crippen MR) is 122 cm³/mol.